The van der Waals surface area contributed by atoms with Crippen LogP contribution in [0, 0.1) is 5.82 Å². The Morgan fingerprint density at radius 1 is 1.40 bits per heavy atom. The predicted octanol–water partition coefficient (Wildman–Crippen LogP) is 2.63. The van der Waals surface area contributed by atoms with Crippen molar-refractivity contribution in [2.45, 2.75) is 19.9 Å². The first-order chi connectivity index (χ1) is 7.28. The van der Waals surface area contributed by atoms with Gasteiger partial charge < -0.3 is 4.57 Å². The molecule has 2 nitrogen and oxygen atoms in total. The Morgan fingerprint density at radius 3 is 2.93 bits per heavy atom. The maximum Gasteiger partial charge on any atom is 0.123 e. The Kier molecular flexibility index (Phi) is 2.81. The molecule has 2 aromatic rings. The third kappa shape index (κ3) is 2.43. The maximum absolute atomic E-state index is 12.9. The molecule has 0 aliphatic carbocycles. The zero-order chi connectivity index (χ0) is 10.7. The number of nitrogens with zero attached hydrogens (tertiary/aromatic N) is 2. The number of aryl methyl sites for hydroxylation is 1. The Bertz CT molecular complexity index is 448. The summed E-state index contributed by atoms with van der Waals surface area (Å²) in [6.45, 7) is 2.74. The zero-order valence-corrected chi connectivity index (χ0v) is 8.65. The van der Waals surface area contributed by atoms with E-state index in [1.54, 1.807) is 18.5 Å². The average Bonchev–Trinajstić information content (AvgIpc) is 2.65. The molecule has 0 amide bonds. The minimum Gasteiger partial charge on any atom is -0.333 e. The van der Waals surface area contributed by atoms with Crippen LogP contribution in [-0.4, -0.2) is 9.55 Å². The maximum atomic E-state index is 12.9. The summed E-state index contributed by atoms with van der Waals surface area (Å²) in [7, 11) is 0. The summed E-state index contributed by atoms with van der Waals surface area (Å²) in [5.41, 5.74) is 2.02. The highest BCUT2D eigenvalue weighted by molar-refractivity contribution is 5.17. The molecule has 1 heterocycles. The van der Waals surface area contributed by atoms with Gasteiger partial charge in [0.15, 0.2) is 0 Å². The van der Waals surface area contributed by atoms with Gasteiger partial charge in [-0.25, -0.2) is 9.37 Å². The summed E-state index contributed by atoms with van der Waals surface area (Å²) in [5.74, 6) is -0.191. The first-order valence-corrected chi connectivity index (χ1v) is 5.03. The van der Waals surface area contributed by atoms with E-state index < -0.39 is 0 Å². The second kappa shape index (κ2) is 4.26. The van der Waals surface area contributed by atoms with E-state index in [0.717, 1.165) is 17.7 Å². The van der Waals surface area contributed by atoms with Crippen molar-refractivity contribution in [2.24, 2.45) is 0 Å². The summed E-state index contributed by atoms with van der Waals surface area (Å²) in [4.78, 5) is 4.22. The van der Waals surface area contributed by atoms with E-state index >= 15 is 0 Å². The van der Waals surface area contributed by atoms with E-state index in [-0.39, 0.29) is 5.82 Å². The van der Waals surface area contributed by atoms with Gasteiger partial charge in [0.1, 0.15) is 5.82 Å². The molecule has 2 rings (SSSR count). The third-order valence-corrected chi connectivity index (χ3v) is 2.30. The Hall–Kier alpha value is -1.64. The molecule has 0 aliphatic rings. The van der Waals surface area contributed by atoms with Gasteiger partial charge in [0.25, 0.3) is 0 Å². The number of rotatable bonds is 3. The Morgan fingerprint density at radius 2 is 2.27 bits per heavy atom. The van der Waals surface area contributed by atoms with Crippen LogP contribution in [0.2, 0.25) is 0 Å². The van der Waals surface area contributed by atoms with Crippen molar-refractivity contribution in [1.82, 2.24) is 9.55 Å². The second-order valence-electron chi connectivity index (χ2n) is 3.52. The number of hydrogen-bond acceptors (Lipinski definition) is 1. The minimum atomic E-state index is -0.191. The van der Waals surface area contributed by atoms with Gasteiger partial charge in [-0.15, -0.1) is 0 Å². The van der Waals surface area contributed by atoms with Crippen LogP contribution >= 0.6 is 0 Å². The van der Waals surface area contributed by atoms with Crippen LogP contribution in [0.4, 0.5) is 4.39 Å². The van der Waals surface area contributed by atoms with E-state index in [1.807, 2.05) is 16.8 Å². The normalized spacial score (nSPS) is 10.5. The second-order valence-corrected chi connectivity index (χ2v) is 3.52. The summed E-state index contributed by atoms with van der Waals surface area (Å²) in [5, 5.41) is 0. The molecular formula is C12H13FN2. The first-order valence-electron chi connectivity index (χ1n) is 5.03. The van der Waals surface area contributed by atoms with Gasteiger partial charge in [0.2, 0.25) is 0 Å². The van der Waals surface area contributed by atoms with Crippen LogP contribution in [-0.2, 0) is 13.0 Å². The summed E-state index contributed by atoms with van der Waals surface area (Å²) < 4.78 is 14.9. The number of halogens is 1. The van der Waals surface area contributed by atoms with E-state index in [1.165, 1.54) is 6.07 Å². The molecule has 0 N–H and O–H groups in total. The van der Waals surface area contributed by atoms with Crippen molar-refractivity contribution in [1.29, 1.82) is 0 Å². The molecule has 3 heteroatoms. The van der Waals surface area contributed by atoms with Crippen LogP contribution < -0.4 is 0 Å². The van der Waals surface area contributed by atoms with Crippen molar-refractivity contribution < 1.29 is 4.39 Å². The monoisotopic (exact) mass is 204 g/mol. The highest BCUT2D eigenvalue weighted by Crippen LogP contribution is 2.06. The third-order valence-electron chi connectivity index (χ3n) is 2.30. The molecule has 1 aromatic carbocycles. The molecule has 0 bridgehead atoms. The van der Waals surface area contributed by atoms with Crippen molar-refractivity contribution >= 4 is 0 Å². The highest BCUT2D eigenvalue weighted by Gasteiger charge is 1.98. The largest absolute Gasteiger partial charge is 0.333 e. The smallest absolute Gasteiger partial charge is 0.123 e. The molecule has 0 atom stereocenters. The zero-order valence-electron chi connectivity index (χ0n) is 8.65. The SMILES string of the molecule is CCc1cn(Cc2cccc(F)c2)cn1. The molecule has 0 spiro atoms. The van der Waals surface area contributed by atoms with Gasteiger partial charge in [0, 0.05) is 12.7 Å². The first kappa shape index (κ1) is 9.90. The Balaban J connectivity index is 2.14. The molecule has 0 radical (unpaired) electrons. The lowest BCUT2D eigenvalue weighted by atomic mass is 10.2. The van der Waals surface area contributed by atoms with Crippen molar-refractivity contribution in [3.8, 4) is 0 Å². The minimum absolute atomic E-state index is 0.191. The molecular weight excluding hydrogens is 191 g/mol. The fourth-order valence-electron chi connectivity index (χ4n) is 1.52. The van der Waals surface area contributed by atoms with Gasteiger partial charge in [-0.2, -0.15) is 0 Å². The molecule has 15 heavy (non-hydrogen) atoms. The van der Waals surface area contributed by atoms with E-state index in [9.17, 15) is 4.39 Å². The standard InChI is InChI=1S/C12H13FN2/c1-2-12-8-15(9-14-12)7-10-4-3-5-11(13)6-10/h3-6,8-9H,2,7H2,1H3. The van der Waals surface area contributed by atoms with Crippen LogP contribution in [0.25, 0.3) is 0 Å². The fourth-order valence-corrected chi connectivity index (χ4v) is 1.52. The average molecular weight is 204 g/mol. The predicted molar refractivity (Wildman–Crippen MR) is 57.1 cm³/mol. The van der Waals surface area contributed by atoms with Crippen molar-refractivity contribution in [3.63, 3.8) is 0 Å². The van der Waals surface area contributed by atoms with E-state index in [0.29, 0.717) is 6.54 Å². The van der Waals surface area contributed by atoms with Crippen LogP contribution in [0.5, 0.6) is 0 Å². The number of hydrogen-bond donors (Lipinski definition) is 0. The van der Waals surface area contributed by atoms with E-state index in [2.05, 4.69) is 11.9 Å². The highest BCUT2D eigenvalue weighted by atomic mass is 19.1. The number of aromatic nitrogens is 2. The van der Waals surface area contributed by atoms with Gasteiger partial charge in [-0.3, -0.25) is 0 Å². The number of imidazole rings is 1. The van der Waals surface area contributed by atoms with Crippen molar-refractivity contribution in [2.75, 3.05) is 0 Å². The van der Waals surface area contributed by atoms with Gasteiger partial charge in [0.05, 0.1) is 12.0 Å². The van der Waals surface area contributed by atoms with E-state index in [4.69, 9.17) is 0 Å². The molecule has 0 saturated heterocycles. The Labute approximate surface area is 88.4 Å². The van der Waals surface area contributed by atoms with Gasteiger partial charge in [-0.1, -0.05) is 19.1 Å². The lowest BCUT2D eigenvalue weighted by molar-refractivity contribution is 0.623. The summed E-state index contributed by atoms with van der Waals surface area (Å²) in [6.07, 6.45) is 4.70. The molecule has 78 valence electrons. The van der Waals surface area contributed by atoms with Gasteiger partial charge >= 0.3 is 0 Å². The number of benzene rings is 1. The molecule has 0 aliphatic heterocycles. The summed E-state index contributed by atoms with van der Waals surface area (Å²) >= 11 is 0. The van der Waals surface area contributed by atoms with Crippen LogP contribution in [0.1, 0.15) is 18.2 Å². The van der Waals surface area contributed by atoms with Crippen LogP contribution in [0.3, 0.4) is 0 Å². The fraction of sp³-hybridized carbons (Fsp3) is 0.250. The lowest BCUT2D eigenvalue weighted by Gasteiger charge is -2.01. The molecule has 1 aromatic heterocycles. The molecule has 0 saturated carbocycles. The lowest BCUT2D eigenvalue weighted by Crippen LogP contribution is -1.96. The quantitative estimate of drug-likeness (QED) is 0.751. The van der Waals surface area contributed by atoms with Crippen LogP contribution in [0.15, 0.2) is 36.8 Å². The van der Waals surface area contributed by atoms with Crippen molar-refractivity contribution in [3.05, 3.63) is 53.9 Å². The molecule has 0 fully saturated rings. The summed E-state index contributed by atoms with van der Waals surface area (Å²) in [6, 6.07) is 6.64. The van der Waals surface area contributed by atoms with Gasteiger partial charge in [-0.05, 0) is 24.1 Å². The topological polar surface area (TPSA) is 17.8 Å². The molecule has 0 unspecified atom stereocenters.